The number of amides is 1. The van der Waals surface area contributed by atoms with Crippen molar-refractivity contribution in [2.45, 2.75) is 39.7 Å². The molecule has 6 nitrogen and oxygen atoms in total. The number of carbonyl (C=O) groups excluding carboxylic acids is 1. The summed E-state index contributed by atoms with van der Waals surface area (Å²) in [6, 6.07) is 4.21. The van der Waals surface area contributed by atoms with Crippen molar-refractivity contribution in [3.63, 3.8) is 0 Å². The Bertz CT molecular complexity index is 722. The normalized spacial score (nSPS) is 17.7. The number of likely N-dealkylation sites (N-methyl/N-ethyl adjacent to an activating group) is 1. The van der Waals surface area contributed by atoms with Crippen LogP contribution >= 0.6 is 12.4 Å². The number of hydrogen-bond acceptors (Lipinski definition) is 4. The zero-order valence-corrected chi connectivity index (χ0v) is 15.4. The van der Waals surface area contributed by atoms with E-state index >= 15 is 0 Å². The van der Waals surface area contributed by atoms with Crippen molar-refractivity contribution in [2.75, 3.05) is 20.1 Å². The molecule has 1 amide bonds. The molecule has 3 heterocycles. The minimum Gasteiger partial charge on any atom is -0.360 e. The summed E-state index contributed by atoms with van der Waals surface area (Å²) >= 11 is 0. The van der Waals surface area contributed by atoms with Crippen LogP contribution < -0.4 is 5.32 Å². The average Bonchev–Trinajstić information content (AvgIpc) is 3.09. The summed E-state index contributed by atoms with van der Waals surface area (Å²) in [6.07, 6.45) is 2.16. The van der Waals surface area contributed by atoms with E-state index in [2.05, 4.69) is 10.5 Å². The Morgan fingerprint density at radius 2 is 2.08 bits per heavy atom. The predicted molar refractivity (Wildman–Crippen MR) is 95.3 cm³/mol. The van der Waals surface area contributed by atoms with E-state index in [1.165, 1.54) is 0 Å². The van der Waals surface area contributed by atoms with Gasteiger partial charge in [0.15, 0.2) is 5.82 Å². The number of aromatic nitrogens is 2. The summed E-state index contributed by atoms with van der Waals surface area (Å²) < 4.78 is 7.14. The van der Waals surface area contributed by atoms with Crippen molar-refractivity contribution in [1.82, 2.24) is 19.9 Å². The Morgan fingerprint density at radius 3 is 2.71 bits per heavy atom. The maximum absolute atomic E-state index is 12.9. The quantitative estimate of drug-likeness (QED) is 0.922. The van der Waals surface area contributed by atoms with Crippen molar-refractivity contribution >= 4 is 18.3 Å². The van der Waals surface area contributed by atoms with E-state index in [1.54, 1.807) is 0 Å². The first-order valence-electron chi connectivity index (χ1n) is 8.10. The predicted octanol–water partition coefficient (Wildman–Crippen LogP) is 2.64. The fraction of sp³-hybridized carbons (Fsp3) is 0.529. The SMILES string of the molecule is CNC1CCCN(C(=O)c2cc(C)n(-c3cc(C)on3)c2C)C1.Cl. The molecule has 0 aromatic carbocycles. The van der Waals surface area contributed by atoms with Gasteiger partial charge < -0.3 is 14.7 Å². The van der Waals surface area contributed by atoms with E-state index in [4.69, 9.17) is 4.52 Å². The molecular formula is C17H25ClN4O2. The van der Waals surface area contributed by atoms with Crippen LogP contribution in [0.2, 0.25) is 0 Å². The molecule has 7 heteroatoms. The standard InChI is InChI=1S/C17H24N4O2.ClH/c1-11-8-15(13(3)21(11)16-9-12(2)23-19-16)17(22)20-7-5-6-14(10-20)18-4;/h8-9,14,18H,5-7,10H2,1-4H3;1H. The lowest BCUT2D eigenvalue weighted by atomic mass is 10.0. The third-order valence-electron chi connectivity index (χ3n) is 4.62. The number of halogens is 1. The van der Waals surface area contributed by atoms with Crippen LogP contribution in [0.15, 0.2) is 16.7 Å². The van der Waals surface area contributed by atoms with Gasteiger partial charge in [-0.25, -0.2) is 0 Å². The Morgan fingerprint density at radius 1 is 1.33 bits per heavy atom. The topological polar surface area (TPSA) is 63.3 Å². The number of nitrogens with zero attached hydrogens (tertiary/aromatic N) is 3. The summed E-state index contributed by atoms with van der Waals surface area (Å²) in [6.45, 7) is 7.40. The molecule has 0 radical (unpaired) electrons. The lowest BCUT2D eigenvalue weighted by molar-refractivity contribution is 0.0697. The summed E-state index contributed by atoms with van der Waals surface area (Å²) in [5.74, 6) is 1.58. The highest BCUT2D eigenvalue weighted by molar-refractivity contribution is 5.96. The molecule has 1 fully saturated rings. The molecule has 24 heavy (non-hydrogen) atoms. The Balaban J connectivity index is 0.00000208. The highest BCUT2D eigenvalue weighted by Gasteiger charge is 2.26. The maximum atomic E-state index is 12.9. The first-order valence-corrected chi connectivity index (χ1v) is 8.10. The van der Waals surface area contributed by atoms with Crippen LogP contribution in [0.25, 0.3) is 5.82 Å². The summed E-state index contributed by atoms with van der Waals surface area (Å²) in [4.78, 5) is 14.9. The fourth-order valence-electron chi connectivity index (χ4n) is 3.36. The van der Waals surface area contributed by atoms with Crippen molar-refractivity contribution in [1.29, 1.82) is 0 Å². The van der Waals surface area contributed by atoms with Gasteiger partial charge in [-0.1, -0.05) is 5.16 Å². The molecule has 0 spiro atoms. The molecule has 0 aliphatic carbocycles. The molecule has 3 rings (SSSR count). The van der Waals surface area contributed by atoms with Crippen LogP contribution in [0.1, 0.15) is 40.3 Å². The average molecular weight is 353 g/mol. The van der Waals surface area contributed by atoms with Crippen LogP contribution in [-0.2, 0) is 0 Å². The minimum atomic E-state index is 0. The van der Waals surface area contributed by atoms with Gasteiger partial charge in [-0.05, 0) is 46.7 Å². The Hall–Kier alpha value is -1.79. The molecule has 1 N–H and O–H groups in total. The van der Waals surface area contributed by atoms with Crippen LogP contribution in [0.3, 0.4) is 0 Å². The first-order chi connectivity index (χ1) is 11.0. The van der Waals surface area contributed by atoms with E-state index < -0.39 is 0 Å². The third kappa shape index (κ3) is 3.35. The van der Waals surface area contributed by atoms with Gasteiger partial charge in [0, 0.05) is 36.6 Å². The Labute approximate surface area is 148 Å². The van der Waals surface area contributed by atoms with Gasteiger partial charge in [0.05, 0.1) is 5.56 Å². The minimum absolute atomic E-state index is 0. The van der Waals surface area contributed by atoms with E-state index in [9.17, 15) is 4.79 Å². The van der Waals surface area contributed by atoms with Crippen LogP contribution in [-0.4, -0.2) is 46.7 Å². The second kappa shape index (κ2) is 7.40. The number of aryl methyl sites for hydroxylation is 2. The molecule has 1 aliphatic rings. The molecule has 1 atom stereocenters. The summed E-state index contributed by atoms with van der Waals surface area (Å²) in [5, 5.41) is 7.35. The zero-order chi connectivity index (χ0) is 16.6. The third-order valence-corrected chi connectivity index (χ3v) is 4.62. The number of piperidine rings is 1. The van der Waals surface area contributed by atoms with Gasteiger partial charge in [-0.15, -0.1) is 12.4 Å². The van der Waals surface area contributed by atoms with Gasteiger partial charge in [-0.3, -0.25) is 9.36 Å². The van der Waals surface area contributed by atoms with Gasteiger partial charge in [0.1, 0.15) is 5.76 Å². The lowest BCUT2D eigenvalue weighted by Gasteiger charge is -2.32. The van der Waals surface area contributed by atoms with E-state index in [0.717, 1.165) is 54.5 Å². The maximum Gasteiger partial charge on any atom is 0.255 e. The zero-order valence-electron chi connectivity index (χ0n) is 14.6. The second-order valence-electron chi connectivity index (χ2n) is 6.29. The molecule has 1 unspecified atom stereocenters. The Kier molecular flexibility index (Phi) is 5.72. The molecule has 0 bridgehead atoms. The molecule has 0 saturated carbocycles. The van der Waals surface area contributed by atoms with Crippen LogP contribution in [0.5, 0.6) is 0 Å². The van der Waals surface area contributed by atoms with E-state index in [0.29, 0.717) is 6.04 Å². The number of carbonyl (C=O) groups is 1. The second-order valence-corrected chi connectivity index (χ2v) is 6.29. The van der Waals surface area contributed by atoms with Gasteiger partial charge in [0.25, 0.3) is 5.91 Å². The van der Waals surface area contributed by atoms with Crippen molar-refractivity contribution < 1.29 is 9.32 Å². The van der Waals surface area contributed by atoms with Crippen molar-refractivity contribution in [3.05, 3.63) is 34.8 Å². The molecule has 1 saturated heterocycles. The molecule has 132 valence electrons. The highest BCUT2D eigenvalue weighted by Crippen LogP contribution is 2.23. The molecule has 2 aromatic rings. The number of rotatable bonds is 3. The van der Waals surface area contributed by atoms with Gasteiger partial charge >= 0.3 is 0 Å². The van der Waals surface area contributed by atoms with E-state index in [-0.39, 0.29) is 18.3 Å². The van der Waals surface area contributed by atoms with Crippen molar-refractivity contribution in [3.8, 4) is 5.82 Å². The van der Waals surface area contributed by atoms with Crippen LogP contribution in [0.4, 0.5) is 0 Å². The van der Waals surface area contributed by atoms with Gasteiger partial charge in [0.2, 0.25) is 0 Å². The van der Waals surface area contributed by atoms with E-state index in [1.807, 2.05) is 49.4 Å². The largest absolute Gasteiger partial charge is 0.360 e. The van der Waals surface area contributed by atoms with Crippen LogP contribution in [0, 0.1) is 20.8 Å². The fourth-order valence-corrected chi connectivity index (χ4v) is 3.36. The number of likely N-dealkylation sites (tertiary alicyclic amines) is 1. The summed E-state index contributed by atoms with van der Waals surface area (Å²) in [5.41, 5.74) is 2.65. The monoisotopic (exact) mass is 352 g/mol. The smallest absolute Gasteiger partial charge is 0.255 e. The lowest BCUT2D eigenvalue weighted by Crippen LogP contribution is -2.47. The first kappa shape index (κ1) is 18.5. The molecule has 2 aromatic heterocycles. The molecule has 1 aliphatic heterocycles. The highest BCUT2D eigenvalue weighted by atomic mass is 35.5. The van der Waals surface area contributed by atoms with Gasteiger partial charge in [-0.2, -0.15) is 0 Å². The summed E-state index contributed by atoms with van der Waals surface area (Å²) in [7, 11) is 1.96. The van der Waals surface area contributed by atoms with Crippen molar-refractivity contribution in [2.24, 2.45) is 0 Å². The number of hydrogen-bond donors (Lipinski definition) is 1. The molecular weight excluding hydrogens is 328 g/mol. The number of nitrogens with one attached hydrogen (secondary N) is 1.